The highest BCUT2D eigenvalue weighted by molar-refractivity contribution is 6.05. The summed E-state index contributed by atoms with van der Waals surface area (Å²) in [7, 11) is 2.06. The van der Waals surface area contributed by atoms with Gasteiger partial charge in [-0.3, -0.25) is 4.99 Å². The molecule has 2 heterocycles. The average molecular weight is 279 g/mol. The highest BCUT2D eigenvalue weighted by atomic mass is 15.1. The number of fused-ring (bicyclic) bond motifs is 1. The number of rotatable bonds is 2. The molecule has 0 saturated heterocycles. The number of aryl methyl sites for hydroxylation is 1. The Bertz CT molecular complexity index is 790. The second-order valence-corrected chi connectivity index (χ2v) is 5.68. The van der Waals surface area contributed by atoms with Crippen LogP contribution in [0.1, 0.15) is 33.0 Å². The minimum atomic E-state index is 0.254. The molecule has 1 atom stereocenters. The fourth-order valence-corrected chi connectivity index (χ4v) is 3.02. The number of hydrogen-bond donors (Lipinski definition) is 0. The predicted octanol–water partition coefficient (Wildman–Crippen LogP) is 4.25. The van der Waals surface area contributed by atoms with E-state index in [0.717, 1.165) is 34.7 Å². The Morgan fingerprint density at radius 3 is 2.62 bits per heavy atom. The number of aliphatic imine (C=N–C) groups is 1. The van der Waals surface area contributed by atoms with Crippen molar-refractivity contribution in [1.82, 2.24) is 9.55 Å². The van der Waals surface area contributed by atoms with Crippen molar-refractivity contribution in [1.29, 1.82) is 0 Å². The van der Waals surface area contributed by atoms with Crippen LogP contribution in [0.4, 0.5) is 0 Å². The molecule has 0 aliphatic carbocycles. The molecule has 0 N–H and O–H groups in total. The Labute approximate surface area is 125 Å². The predicted molar refractivity (Wildman–Crippen MR) is 88.5 cm³/mol. The summed E-state index contributed by atoms with van der Waals surface area (Å²) in [4.78, 5) is 9.64. The molecule has 0 bridgehead atoms. The van der Waals surface area contributed by atoms with Gasteiger partial charge < -0.3 is 4.57 Å². The third kappa shape index (κ3) is 2.04. The Balaban J connectivity index is 2.23. The van der Waals surface area contributed by atoms with Gasteiger partial charge >= 0.3 is 0 Å². The Morgan fingerprint density at radius 2 is 1.95 bits per heavy atom. The molecule has 3 heteroatoms. The summed E-state index contributed by atoms with van der Waals surface area (Å²) >= 11 is 0. The number of nitrogens with zero attached hydrogens (tertiary/aromatic N) is 3. The fourth-order valence-electron chi connectivity index (χ4n) is 3.02. The normalized spacial score (nSPS) is 19.3. The van der Waals surface area contributed by atoms with E-state index in [-0.39, 0.29) is 5.92 Å². The smallest absolute Gasteiger partial charge is 0.155 e. The monoisotopic (exact) mass is 279 g/mol. The van der Waals surface area contributed by atoms with Crippen LogP contribution in [0.25, 0.3) is 11.0 Å². The summed E-state index contributed by atoms with van der Waals surface area (Å²) in [6.45, 7) is 10.6. The molecule has 108 valence electrons. The van der Waals surface area contributed by atoms with Crippen LogP contribution in [0.5, 0.6) is 0 Å². The van der Waals surface area contributed by atoms with Crippen molar-refractivity contribution < 1.29 is 0 Å². The largest absolute Gasteiger partial charge is 0.326 e. The van der Waals surface area contributed by atoms with Crippen molar-refractivity contribution in [2.24, 2.45) is 18.0 Å². The molecule has 1 aliphatic rings. The number of benzene rings is 1. The van der Waals surface area contributed by atoms with E-state index in [4.69, 9.17) is 9.98 Å². The fraction of sp³-hybridized carbons (Fsp3) is 0.333. The minimum absolute atomic E-state index is 0.254. The maximum atomic E-state index is 4.84. The second-order valence-electron chi connectivity index (χ2n) is 5.68. The van der Waals surface area contributed by atoms with Gasteiger partial charge in [0.25, 0.3) is 0 Å². The molecule has 1 aromatic carbocycles. The topological polar surface area (TPSA) is 30.2 Å². The molecule has 0 amide bonds. The van der Waals surface area contributed by atoms with Gasteiger partial charge in [0.1, 0.15) is 0 Å². The van der Waals surface area contributed by atoms with E-state index in [2.05, 4.69) is 45.0 Å². The van der Waals surface area contributed by atoms with Crippen LogP contribution in [-0.2, 0) is 7.05 Å². The van der Waals surface area contributed by atoms with E-state index in [1.165, 1.54) is 11.1 Å². The number of allylic oxidation sites excluding steroid dienone is 3. The lowest BCUT2D eigenvalue weighted by molar-refractivity contribution is 0.746. The van der Waals surface area contributed by atoms with E-state index in [1.807, 2.05) is 18.2 Å². The summed E-state index contributed by atoms with van der Waals surface area (Å²) in [5.74, 6) is 1.21. The Hall–Kier alpha value is -2.16. The molecule has 1 aromatic heterocycles. The van der Waals surface area contributed by atoms with Crippen LogP contribution in [0.3, 0.4) is 0 Å². The Morgan fingerprint density at radius 1 is 1.24 bits per heavy atom. The SMILES string of the molecule is C=C1C(C)=C(C)N=C(c2nc3ccccc3n2C)C1CC. The molecule has 1 aliphatic heterocycles. The lowest BCUT2D eigenvalue weighted by atomic mass is 9.84. The molecule has 2 aromatic rings. The lowest BCUT2D eigenvalue weighted by Gasteiger charge is -2.26. The van der Waals surface area contributed by atoms with Crippen molar-refractivity contribution in [2.75, 3.05) is 0 Å². The van der Waals surface area contributed by atoms with Gasteiger partial charge in [-0.1, -0.05) is 25.6 Å². The van der Waals surface area contributed by atoms with E-state index < -0.39 is 0 Å². The van der Waals surface area contributed by atoms with Crippen molar-refractivity contribution in [3.05, 3.63) is 53.5 Å². The van der Waals surface area contributed by atoms with Crippen LogP contribution in [-0.4, -0.2) is 15.3 Å². The van der Waals surface area contributed by atoms with Crippen LogP contribution in [0.2, 0.25) is 0 Å². The summed E-state index contributed by atoms with van der Waals surface area (Å²) in [6.07, 6.45) is 0.992. The maximum Gasteiger partial charge on any atom is 0.155 e. The number of imidazole rings is 1. The van der Waals surface area contributed by atoms with E-state index >= 15 is 0 Å². The average Bonchev–Trinajstić information content (AvgIpc) is 2.82. The standard InChI is InChI=1S/C18H21N3/c1-6-14-12(3)11(2)13(4)19-17(14)18-20-15-9-7-8-10-16(15)21(18)5/h7-10,14H,3,6H2,1-2,4-5H3. The first-order chi connectivity index (χ1) is 10.0. The van der Waals surface area contributed by atoms with Crippen molar-refractivity contribution >= 4 is 16.7 Å². The van der Waals surface area contributed by atoms with Gasteiger partial charge in [0.15, 0.2) is 5.82 Å². The van der Waals surface area contributed by atoms with Crippen molar-refractivity contribution in [3.63, 3.8) is 0 Å². The van der Waals surface area contributed by atoms with Gasteiger partial charge in [-0.05, 0) is 43.5 Å². The molecular weight excluding hydrogens is 258 g/mol. The first-order valence-corrected chi connectivity index (χ1v) is 7.41. The third-order valence-electron chi connectivity index (χ3n) is 4.49. The molecule has 0 radical (unpaired) electrons. The van der Waals surface area contributed by atoms with Gasteiger partial charge in [0, 0.05) is 18.7 Å². The zero-order valence-electron chi connectivity index (χ0n) is 13.1. The van der Waals surface area contributed by atoms with Crippen LogP contribution in [0.15, 0.2) is 52.7 Å². The molecule has 0 fully saturated rings. The molecule has 3 rings (SSSR count). The summed E-state index contributed by atoms with van der Waals surface area (Å²) in [5.41, 5.74) is 6.63. The molecule has 0 spiro atoms. The second kappa shape index (κ2) is 4.99. The summed E-state index contributed by atoms with van der Waals surface area (Å²) < 4.78 is 2.14. The maximum absolute atomic E-state index is 4.84. The molecular formula is C18H21N3. The van der Waals surface area contributed by atoms with E-state index in [0.29, 0.717) is 0 Å². The van der Waals surface area contributed by atoms with Crippen LogP contribution < -0.4 is 0 Å². The van der Waals surface area contributed by atoms with Gasteiger partial charge in [-0.15, -0.1) is 0 Å². The number of para-hydroxylation sites is 2. The van der Waals surface area contributed by atoms with Gasteiger partial charge in [-0.25, -0.2) is 4.98 Å². The Kier molecular flexibility index (Phi) is 3.28. The van der Waals surface area contributed by atoms with E-state index in [1.54, 1.807) is 0 Å². The molecule has 21 heavy (non-hydrogen) atoms. The summed E-state index contributed by atoms with van der Waals surface area (Å²) in [5, 5.41) is 0. The van der Waals surface area contributed by atoms with Crippen LogP contribution in [0, 0.1) is 5.92 Å². The molecule has 3 nitrogen and oxygen atoms in total. The van der Waals surface area contributed by atoms with Gasteiger partial charge in [-0.2, -0.15) is 0 Å². The summed E-state index contributed by atoms with van der Waals surface area (Å²) in [6, 6.07) is 8.21. The molecule has 0 saturated carbocycles. The highest BCUT2D eigenvalue weighted by Crippen LogP contribution is 2.33. The number of hydrogen-bond acceptors (Lipinski definition) is 2. The zero-order chi connectivity index (χ0) is 15.1. The third-order valence-corrected chi connectivity index (χ3v) is 4.49. The highest BCUT2D eigenvalue weighted by Gasteiger charge is 2.28. The number of aromatic nitrogens is 2. The van der Waals surface area contributed by atoms with Gasteiger partial charge in [0.2, 0.25) is 0 Å². The lowest BCUT2D eigenvalue weighted by Crippen LogP contribution is -2.24. The minimum Gasteiger partial charge on any atom is -0.326 e. The van der Waals surface area contributed by atoms with Gasteiger partial charge in [0.05, 0.1) is 16.7 Å². The van der Waals surface area contributed by atoms with Crippen molar-refractivity contribution in [3.8, 4) is 0 Å². The van der Waals surface area contributed by atoms with Crippen molar-refractivity contribution in [2.45, 2.75) is 27.2 Å². The first-order valence-electron chi connectivity index (χ1n) is 7.41. The quantitative estimate of drug-likeness (QED) is 0.808. The van der Waals surface area contributed by atoms with Crippen LogP contribution >= 0.6 is 0 Å². The molecule has 1 unspecified atom stereocenters. The first kappa shape index (κ1) is 13.8. The zero-order valence-corrected chi connectivity index (χ0v) is 13.1. The van der Waals surface area contributed by atoms with E-state index in [9.17, 15) is 0 Å².